The monoisotopic (exact) mass is 383 g/mol. The Hall–Kier alpha value is -3.33. The fourth-order valence-electron chi connectivity index (χ4n) is 3.70. The molecule has 29 heavy (non-hydrogen) atoms. The van der Waals surface area contributed by atoms with Crippen LogP contribution in [0, 0.1) is 5.92 Å². The minimum Gasteiger partial charge on any atom is -0.497 e. The maximum Gasteiger partial charge on any atom is 0.127 e. The zero-order chi connectivity index (χ0) is 20.1. The second-order valence-electron chi connectivity index (χ2n) is 7.25. The van der Waals surface area contributed by atoms with E-state index in [1.165, 1.54) is 11.1 Å². The molecular weight excluding hydrogens is 358 g/mol. The van der Waals surface area contributed by atoms with Gasteiger partial charge >= 0.3 is 0 Å². The van der Waals surface area contributed by atoms with Crippen LogP contribution in [0.1, 0.15) is 23.7 Å². The number of hydrogen-bond donors (Lipinski definition) is 0. The van der Waals surface area contributed by atoms with Gasteiger partial charge in [0.2, 0.25) is 0 Å². The van der Waals surface area contributed by atoms with Gasteiger partial charge in [-0.1, -0.05) is 54.1 Å². The predicted molar refractivity (Wildman–Crippen MR) is 117 cm³/mol. The smallest absolute Gasteiger partial charge is 0.127 e. The van der Waals surface area contributed by atoms with Gasteiger partial charge in [-0.25, -0.2) is 0 Å². The number of aromatic nitrogens is 1. The first-order chi connectivity index (χ1) is 14.2. The van der Waals surface area contributed by atoms with Gasteiger partial charge in [0.25, 0.3) is 0 Å². The lowest BCUT2D eigenvalue weighted by molar-refractivity contribution is 0.304. The van der Waals surface area contributed by atoms with Crippen molar-refractivity contribution in [2.75, 3.05) is 7.11 Å². The molecule has 0 radical (unpaired) electrons. The maximum absolute atomic E-state index is 6.23. The quantitative estimate of drug-likeness (QED) is 0.511. The Kier molecular flexibility index (Phi) is 5.76. The van der Waals surface area contributed by atoms with Crippen LogP contribution in [0.2, 0.25) is 0 Å². The van der Waals surface area contributed by atoms with Crippen molar-refractivity contribution < 1.29 is 9.47 Å². The molecule has 0 aliphatic heterocycles. The highest BCUT2D eigenvalue weighted by Crippen LogP contribution is 2.41. The van der Waals surface area contributed by atoms with E-state index in [9.17, 15) is 0 Å². The summed E-state index contributed by atoms with van der Waals surface area (Å²) in [6.07, 6.45) is 7.12. The Bertz CT molecular complexity index is 1020. The molecule has 0 fully saturated rings. The number of nitrogens with zero attached hydrogens (tertiary/aromatic N) is 1. The average Bonchev–Trinajstić information content (AvgIpc) is 3.13. The zero-order valence-corrected chi connectivity index (χ0v) is 16.8. The van der Waals surface area contributed by atoms with Crippen molar-refractivity contribution in [3.05, 3.63) is 107 Å². The number of hydrogen-bond acceptors (Lipinski definition) is 3. The molecule has 3 heteroatoms. The summed E-state index contributed by atoms with van der Waals surface area (Å²) < 4.78 is 11.7. The van der Waals surface area contributed by atoms with Crippen LogP contribution in [-0.4, -0.2) is 12.1 Å². The van der Waals surface area contributed by atoms with E-state index in [0.717, 1.165) is 34.7 Å². The van der Waals surface area contributed by atoms with Gasteiger partial charge < -0.3 is 9.47 Å². The summed E-state index contributed by atoms with van der Waals surface area (Å²) >= 11 is 0. The minimum absolute atomic E-state index is 0.274. The van der Waals surface area contributed by atoms with Crippen LogP contribution in [-0.2, 0) is 13.0 Å². The van der Waals surface area contributed by atoms with Gasteiger partial charge in [0.15, 0.2) is 0 Å². The van der Waals surface area contributed by atoms with Crippen LogP contribution < -0.4 is 9.47 Å². The Morgan fingerprint density at radius 3 is 2.52 bits per heavy atom. The highest BCUT2D eigenvalue weighted by Gasteiger charge is 2.25. The zero-order valence-electron chi connectivity index (χ0n) is 16.8. The van der Waals surface area contributed by atoms with Gasteiger partial charge in [0.1, 0.15) is 18.1 Å². The van der Waals surface area contributed by atoms with Crippen molar-refractivity contribution in [1.82, 2.24) is 4.98 Å². The van der Waals surface area contributed by atoms with Gasteiger partial charge in [0.05, 0.1) is 7.11 Å². The third kappa shape index (κ3) is 4.40. The molecular formula is C26H25NO2. The summed E-state index contributed by atoms with van der Waals surface area (Å²) in [6.45, 7) is 2.71. The van der Waals surface area contributed by atoms with Crippen molar-refractivity contribution >= 4 is 5.57 Å². The van der Waals surface area contributed by atoms with Crippen LogP contribution in [0.3, 0.4) is 0 Å². The van der Waals surface area contributed by atoms with E-state index in [-0.39, 0.29) is 5.92 Å². The number of pyridine rings is 1. The van der Waals surface area contributed by atoms with Crippen molar-refractivity contribution in [3.63, 3.8) is 0 Å². The third-order valence-corrected chi connectivity index (χ3v) is 5.33. The van der Waals surface area contributed by atoms with E-state index in [1.807, 2.05) is 48.7 Å². The molecule has 1 atom stereocenters. The Morgan fingerprint density at radius 1 is 0.931 bits per heavy atom. The van der Waals surface area contributed by atoms with Gasteiger partial charge in [-0.2, -0.15) is 0 Å². The third-order valence-electron chi connectivity index (χ3n) is 5.33. The SMILES string of the molecule is COc1ccc(OCc2ccccc2)c(C2=CC=C(C)C2Cc2ccccn2)c1. The van der Waals surface area contributed by atoms with Crippen LogP contribution in [0.15, 0.2) is 90.7 Å². The number of allylic oxidation sites excluding steroid dienone is 4. The molecule has 0 saturated heterocycles. The molecule has 0 N–H and O–H groups in total. The fourth-order valence-corrected chi connectivity index (χ4v) is 3.70. The summed E-state index contributed by atoms with van der Waals surface area (Å²) in [4.78, 5) is 4.53. The largest absolute Gasteiger partial charge is 0.497 e. The predicted octanol–water partition coefficient (Wildman–Crippen LogP) is 5.87. The van der Waals surface area contributed by atoms with Crippen molar-refractivity contribution in [2.45, 2.75) is 20.0 Å². The van der Waals surface area contributed by atoms with E-state index < -0.39 is 0 Å². The molecule has 1 aliphatic rings. The number of methoxy groups -OCH3 is 1. The van der Waals surface area contributed by atoms with Gasteiger partial charge in [-0.05, 0) is 48.4 Å². The topological polar surface area (TPSA) is 31.4 Å². The van der Waals surface area contributed by atoms with Crippen LogP contribution in [0.5, 0.6) is 11.5 Å². The lowest BCUT2D eigenvalue weighted by Crippen LogP contribution is -2.09. The molecule has 0 amide bonds. The maximum atomic E-state index is 6.23. The Morgan fingerprint density at radius 2 is 1.76 bits per heavy atom. The van der Waals surface area contributed by atoms with Gasteiger partial charge in [-0.15, -0.1) is 0 Å². The van der Waals surface area contributed by atoms with Crippen molar-refractivity contribution in [2.24, 2.45) is 5.92 Å². The summed E-state index contributed by atoms with van der Waals surface area (Å²) in [5.74, 6) is 1.97. The van der Waals surface area contributed by atoms with E-state index >= 15 is 0 Å². The molecule has 1 aliphatic carbocycles. The molecule has 3 aromatic rings. The molecule has 146 valence electrons. The molecule has 3 nitrogen and oxygen atoms in total. The number of benzene rings is 2. The van der Waals surface area contributed by atoms with Crippen molar-refractivity contribution in [1.29, 1.82) is 0 Å². The first-order valence-electron chi connectivity index (χ1n) is 9.88. The van der Waals surface area contributed by atoms with E-state index in [4.69, 9.17) is 9.47 Å². The summed E-state index contributed by atoms with van der Waals surface area (Å²) in [5, 5.41) is 0. The number of rotatable bonds is 7. The second-order valence-corrected chi connectivity index (χ2v) is 7.25. The average molecular weight is 383 g/mol. The lowest BCUT2D eigenvalue weighted by atomic mass is 9.87. The van der Waals surface area contributed by atoms with Crippen molar-refractivity contribution in [3.8, 4) is 11.5 Å². The molecule has 4 rings (SSSR count). The standard InChI is InChI=1S/C26H25NO2/c1-19-11-13-23(24(19)16-21-10-6-7-15-27-21)25-17-22(28-2)12-14-26(25)29-18-20-8-4-3-5-9-20/h3-15,17,24H,16,18H2,1-2H3. The molecule has 1 unspecified atom stereocenters. The summed E-state index contributed by atoms with van der Waals surface area (Å²) in [7, 11) is 1.70. The fraction of sp³-hybridized carbons (Fsp3) is 0.192. The van der Waals surface area contributed by atoms with E-state index in [0.29, 0.717) is 6.61 Å². The van der Waals surface area contributed by atoms with Crippen LogP contribution >= 0.6 is 0 Å². The highest BCUT2D eigenvalue weighted by atomic mass is 16.5. The lowest BCUT2D eigenvalue weighted by Gasteiger charge is -2.21. The summed E-state index contributed by atoms with van der Waals surface area (Å²) in [6, 6.07) is 22.3. The first kappa shape index (κ1) is 19.0. The molecule has 2 aromatic carbocycles. The van der Waals surface area contributed by atoms with Crippen LogP contribution in [0.4, 0.5) is 0 Å². The molecule has 0 bridgehead atoms. The van der Waals surface area contributed by atoms with E-state index in [1.54, 1.807) is 7.11 Å². The molecule has 0 spiro atoms. The first-order valence-corrected chi connectivity index (χ1v) is 9.88. The van der Waals surface area contributed by atoms with E-state index in [2.05, 4.69) is 48.3 Å². The molecule has 1 aromatic heterocycles. The highest BCUT2D eigenvalue weighted by molar-refractivity contribution is 5.79. The molecule has 1 heterocycles. The van der Waals surface area contributed by atoms with Crippen LogP contribution in [0.25, 0.3) is 5.57 Å². The Balaban J connectivity index is 1.63. The normalized spacial score (nSPS) is 15.6. The molecule has 0 saturated carbocycles. The summed E-state index contributed by atoms with van der Waals surface area (Å²) in [5.41, 5.74) is 5.90. The second kappa shape index (κ2) is 8.78. The number of ether oxygens (including phenoxy) is 2. The minimum atomic E-state index is 0.274. The Labute approximate surface area is 172 Å². The van der Waals surface area contributed by atoms with Gasteiger partial charge in [0, 0.05) is 29.8 Å². The van der Waals surface area contributed by atoms with Gasteiger partial charge in [-0.3, -0.25) is 4.98 Å².